The van der Waals surface area contributed by atoms with Crippen LogP contribution in [0.2, 0.25) is 0 Å². The van der Waals surface area contributed by atoms with Gasteiger partial charge in [0.25, 0.3) is 6.43 Å². The summed E-state index contributed by atoms with van der Waals surface area (Å²) in [5.41, 5.74) is -1.02. The standard InChI is InChI=1S/C5H5BF2N2O2/c7-5(8)4-3(6(11)12)1-9-2-10-4/h1-2,5,11-12H. The van der Waals surface area contributed by atoms with Crippen molar-refractivity contribution in [3.63, 3.8) is 0 Å². The van der Waals surface area contributed by atoms with Crippen molar-refractivity contribution < 1.29 is 18.8 Å². The molecule has 1 heterocycles. The Morgan fingerprint density at radius 2 is 2.08 bits per heavy atom. The molecular weight excluding hydrogens is 169 g/mol. The van der Waals surface area contributed by atoms with E-state index in [-0.39, 0.29) is 5.46 Å². The summed E-state index contributed by atoms with van der Waals surface area (Å²) in [6, 6.07) is 0. The molecule has 0 aliphatic rings. The zero-order chi connectivity index (χ0) is 9.14. The van der Waals surface area contributed by atoms with Crippen LogP contribution in [0.1, 0.15) is 12.1 Å². The smallest absolute Gasteiger partial charge is 0.423 e. The molecule has 0 unspecified atom stereocenters. The Bertz CT molecular complexity index is 244. The van der Waals surface area contributed by atoms with Gasteiger partial charge in [-0.2, -0.15) is 0 Å². The van der Waals surface area contributed by atoms with E-state index in [9.17, 15) is 8.78 Å². The van der Waals surface area contributed by atoms with Gasteiger partial charge in [-0.1, -0.05) is 0 Å². The maximum absolute atomic E-state index is 12.1. The number of hydrogen-bond donors (Lipinski definition) is 2. The summed E-state index contributed by atoms with van der Waals surface area (Å²) in [5.74, 6) is 0. The molecule has 0 spiro atoms. The summed E-state index contributed by atoms with van der Waals surface area (Å²) in [6.07, 6.45) is -0.961. The molecule has 1 rings (SSSR count). The van der Waals surface area contributed by atoms with Gasteiger partial charge in [-0.25, -0.2) is 18.7 Å². The number of nitrogens with zero attached hydrogens (tertiary/aromatic N) is 2. The first-order valence-corrected chi connectivity index (χ1v) is 3.07. The Morgan fingerprint density at radius 1 is 1.42 bits per heavy atom. The topological polar surface area (TPSA) is 66.2 Å². The van der Waals surface area contributed by atoms with Crippen LogP contribution in [-0.4, -0.2) is 27.1 Å². The average molecular weight is 174 g/mol. The molecule has 12 heavy (non-hydrogen) atoms. The quantitative estimate of drug-likeness (QED) is 0.569. The van der Waals surface area contributed by atoms with Gasteiger partial charge in [-0.05, 0) is 0 Å². The van der Waals surface area contributed by atoms with E-state index in [1.165, 1.54) is 0 Å². The highest BCUT2D eigenvalue weighted by Crippen LogP contribution is 2.12. The first-order chi connectivity index (χ1) is 5.63. The molecule has 2 N–H and O–H groups in total. The molecule has 64 valence electrons. The molecule has 0 bridgehead atoms. The summed E-state index contributed by atoms with van der Waals surface area (Å²) in [6.45, 7) is 0. The van der Waals surface area contributed by atoms with E-state index in [4.69, 9.17) is 10.0 Å². The lowest BCUT2D eigenvalue weighted by Crippen LogP contribution is -2.34. The molecule has 0 amide bonds. The van der Waals surface area contributed by atoms with E-state index < -0.39 is 19.2 Å². The zero-order valence-corrected chi connectivity index (χ0v) is 5.85. The van der Waals surface area contributed by atoms with Crippen LogP contribution >= 0.6 is 0 Å². The fraction of sp³-hybridized carbons (Fsp3) is 0.200. The van der Waals surface area contributed by atoms with Crippen molar-refractivity contribution in [2.45, 2.75) is 6.43 Å². The maximum atomic E-state index is 12.1. The van der Waals surface area contributed by atoms with Gasteiger partial charge in [0.15, 0.2) is 0 Å². The summed E-state index contributed by atoms with van der Waals surface area (Å²) in [4.78, 5) is 6.60. The van der Waals surface area contributed by atoms with Crippen molar-refractivity contribution in [2.24, 2.45) is 0 Å². The lowest BCUT2D eigenvalue weighted by molar-refractivity contribution is 0.146. The highest BCUT2D eigenvalue weighted by Gasteiger charge is 2.22. The predicted molar refractivity (Wildman–Crippen MR) is 36.8 cm³/mol. The van der Waals surface area contributed by atoms with Crippen LogP contribution in [0.25, 0.3) is 0 Å². The van der Waals surface area contributed by atoms with E-state index in [1.807, 2.05) is 0 Å². The second-order valence-corrected chi connectivity index (χ2v) is 2.04. The van der Waals surface area contributed by atoms with Gasteiger partial charge in [-0.15, -0.1) is 0 Å². The molecule has 1 aromatic rings. The normalized spacial score (nSPS) is 10.4. The molecule has 0 aliphatic heterocycles. The van der Waals surface area contributed by atoms with Crippen LogP contribution in [0.3, 0.4) is 0 Å². The summed E-state index contributed by atoms with van der Waals surface area (Å²) < 4.78 is 24.2. The van der Waals surface area contributed by atoms with Gasteiger partial charge in [0.05, 0.1) is 0 Å². The van der Waals surface area contributed by atoms with Crippen molar-refractivity contribution in [2.75, 3.05) is 0 Å². The Hall–Kier alpha value is -1.08. The third-order valence-electron chi connectivity index (χ3n) is 1.26. The third-order valence-corrected chi connectivity index (χ3v) is 1.26. The van der Waals surface area contributed by atoms with Gasteiger partial charge < -0.3 is 10.0 Å². The van der Waals surface area contributed by atoms with E-state index in [1.54, 1.807) is 0 Å². The lowest BCUT2D eigenvalue weighted by Gasteiger charge is -2.04. The Kier molecular flexibility index (Phi) is 2.67. The predicted octanol–water partition coefficient (Wildman–Crippen LogP) is -0.906. The minimum Gasteiger partial charge on any atom is -0.423 e. The number of aromatic nitrogens is 2. The van der Waals surface area contributed by atoms with Crippen LogP contribution in [0.5, 0.6) is 0 Å². The van der Waals surface area contributed by atoms with E-state index >= 15 is 0 Å². The number of hydrogen-bond acceptors (Lipinski definition) is 4. The van der Waals surface area contributed by atoms with Crippen molar-refractivity contribution in [1.82, 2.24) is 9.97 Å². The second-order valence-electron chi connectivity index (χ2n) is 2.04. The van der Waals surface area contributed by atoms with Crippen LogP contribution in [0.15, 0.2) is 12.5 Å². The first kappa shape index (κ1) is 9.02. The summed E-state index contributed by atoms with van der Waals surface area (Å²) in [5, 5.41) is 17.2. The monoisotopic (exact) mass is 174 g/mol. The number of rotatable bonds is 2. The van der Waals surface area contributed by atoms with Crippen molar-refractivity contribution in [1.29, 1.82) is 0 Å². The molecule has 0 saturated heterocycles. The largest absolute Gasteiger partial charge is 0.492 e. The maximum Gasteiger partial charge on any atom is 0.492 e. The SMILES string of the molecule is OB(O)c1cncnc1C(F)F. The Morgan fingerprint density at radius 3 is 2.50 bits per heavy atom. The molecular formula is C5H5BF2N2O2. The van der Waals surface area contributed by atoms with E-state index in [2.05, 4.69) is 9.97 Å². The van der Waals surface area contributed by atoms with Gasteiger partial charge in [0, 0.05) is 11.7 Å². The molecule has 0 aliphatic carbocycles. The third kappa shape index (κ3) is 1.74. The minimum absolute atomic E-state index is 0.368. The first-order valence-electron chi connectivity index (χ1n) is 3.07. The molecule has 0 aromatic carbocycles. The van der Waals surface area contributed by atoms with E-state index in [0.29, 0.717) is 0 Å². The molecule has 0 saturated carbocycles. The Labute approximate surface area is 67.0 Å². The van der Waals surface area contributed by atoms with Crippen LogP contribution in [0, 0.1) is 0 Å². The van der Waals surface area contributed by atoms with Crippen LogP contribution in [-0.2, 0) is 0 Å². The minimum atomic E-state index is -2.83. The molecule has 4 nitrogen and oxygen atoms in total. The van der Waals surface area contributed by atoms with Gasteiger partial charge in [0.1, 0.15) is 12.0 Å². The molecule has 7 heteroatoms. The van der Waals surface area contributed by atoms with Crippen molar-refractivity contribution in [3.05, 3.63) is 18.2 Å². The zero-order valence-electron chi connectivity index (χ0n) is 5.85. The van der Waals surface area contributed by atoms with Crippen molar-refractivity contribution in [3.8, 4) is 0 Å². The van der Waals surface area contributed by atoms with Crippen molar-refractivity contribution >= 4 is 12.6 Å². The van der Waals surface area contributed by atoms with Crippen LogP contribution in [0.4, 0.5) is 8.78 Å². The van der Waals surface area contributed by atoms with Crippen LogP contribution < -0.4 is 5.46 Å². The molecule has 0 radical (unpaired) electrons. The van der Waals surface area contributed by atoms with Gasteiger partial charge >= 0.3 is 7.12 Å². The fourth-order valence-electron chi connectivity index (χ4n) is 0.731. The average Bonchev–Trinajstić information content (AvgIpc) is 2.04. The van der Waals surface area contributed by atoms with Gasteiger partial charge in [-0.3, -0.25) is 0 Å². The molecule has 0 fully saturated rings. The molecule has 1 aromatic heterocycles. The summed E-state index contributed by atoms with van der Waals surface area (Å²) in [7, 11) is -1.96. The highest BCUT2D eigenvalue weighted by molar-refractivity contribution is 6.59. The number of alkyl halides is 2. The summed E-state index contributed by atoms with van der Waals surface area (Å²) >= 11 is 0. The lowest BCUT2D eigenvalue weighted by atomic mass is 9.80. The Balaban J connectivity index is 3.09. The fourth-order valence-corrected chi connectivity index (χ4v) is 0.731. The molecule has 0 atom stereocenters. The number of halogens is 2. The second kappa shape index (κ2) is 3.55. The highest BCUT2D eigenvalue weighted by atomic mass is 19.3. The van der Waals surface area contributed by atoms with E-state index in [0.717, 1.165) is 12.5 Å². The van der Waals surface area contributed by atoms with Gasteiger partial charge in [0.2, 0.25) is 0 Å².